The first-order chi connectivity index (χ1) is 10.7. The number of fused-ring (bicyclic) bond motifs is 1. The van der Waals surface area contributed by atoms with Gasteiger partial charge >= 0.3 is 0 Å². The summed E-state index contributed by atoms with van der Waals surface area (Å²) in [5, 5.41) is 7.23. The molecule has 22 heavy (non-hydrogen) atoms. The molecule has 0 saturated heterocycles. The summed E-state index contributed by atoms with van der Waals surface area (Å²) in [6, 6.07) is 8.06. The summed E-state index contributed by atoms with van der Waals surface area (Å²) in [6.07, 6.45) is 8.48. The van der Waals surface area contributed by atoms with E-state index >= 15 is 0 Å². The van der Waals surface area contributed by atoms with E-state index < -0.39 is 0 Å². The van der Waals surface area contributed by atoms with Crippen LogP contribution in [0.3, 0.4) is 0 Å². The standard InChI is InChI=1S/C18H23N3O/c1-14(13-21-10-4-9-20-21)12-19-18(22)17-8-7-15-5-2-3-6-16(15)11-17/h4,7-11,14H,2-3,5-6,12-13H2,1H3,(H,19,22). The van der Waals surface area contributed by atoms with Crippen molar-refractivity contribution in [1.82, 2.24) is 15.1 Å². The number of aromatic nitrogens is 2. The maximum absolute atomic E-state index is 12.3. The summed E-state index contributed by atoms with van der Waals surface area (Å²) in [6.45, 7) is 3.60. The number of nitrogens with zero attached hydrogens (tertiary/aromatic N) is 2. The molecule has 1 unspecified atom stereocenters. The topological polar surface area (TPSA) is 46.9 Å². The predicted molar refractivity (Wildman–Crippen MR) is 86.8 cm³/mol. The van der Waals surface area contributed by atoms with Crippen LogP contribution in [0.25, 0.3) is 0 Å². The molecule has 1 amide bonds. The second kappa shape index (κ2) is 6.77. The van der Waals surface area contributed by atoms with Crippen LogP contribution in [0.5, 0.6) is 0 Å². The Bertz CT molecular complexity index is 634. The van der Waals surface area contributed by atoms with Crippen LogP contribution >= 0.6 is 0 Å². The van der Waals surface area contributed by atoms with Gasteiger partial charge in [0.15, 0.2) is 0 Å². The van der Waals surface area contributed by atoms with Gasteiger partial charge in [0.2, 0.25) is 0 Å². The molecule has 3 rings (SSSR count). The molecule has 0 saturated carbocycles. The SMILES string of the molecule is CC(CNC(=O)c1ccc2c(c1)CCCC2)Cn1cccn1. The lowest BCUT2D eigenvalue weighted by Gasteiger charge is -2.17. The van der Waals surface area contributed by atoms with E-state index in [1.807, 2.05) is 23.0 Å². The first-order valence-electron chi connectivity index (χ1n) is 8.10. The van der Waals surface area contributed by atoms with E-state index in [-0.39, 0.29) is 5.91 Å². The van der Waals surface area contributed by atoms with E-state index in [1.165, 1.54) is 24.0 Å². The summed E-state index contributed by atoms with van der Waals surface area (Å²) >= 11 is 0. The Morgan fingerprint density at radius 3 is 2.91 bits per heavy atom. The number of amides is 1. The highest BCUT2D eigenvalue weighted by Crippen LogP contribution is 2.22. The van der Waals surface area contributed by atoms with Gasteiger partial charge in [0.05, 0.1) is 0 Å². The molecule has 4 nitrogen and oxygen atoms in total. The molecule has 1 aromatic heterocycles. The molecule has 1 aliphatic carbocycles. The number of carbonyl (C=O) groups excluding carboxylic acids is 1. The lowest BCUT2D eigenvalue weighted by molar-refractivity contribution is 0.0946. The number of nitrogens with one attached hydrogen (secondary N) is 1. The molecule has 1 aliphatic rings. The summed E-state index contributed by atoms with van der Waals surface area (Å²) in [5.41, 5.74) is 3.55. The van der Waals surface area contributed by atoms with Crippen molar-refractivity contribution in [3.63, 3.8) is 0 Å². The van der Waals surface area contributed by atoms with Gasteiger partial charge in [-0.3, -0.25) is 9.48 Å². The van der Waals surface area contributed by atoms with Gasteiger partial charge < -0.3 is 5.32 Å². The molecule has 0 spiro atoms. The maximum atomic E-state index is 12.3. The zero-order valence-corrected chi connectivity index (χ0v) is 13.1. The Morgan fingerprint density at radius 1 is 1.32 bits per heavy atom. The van der Waals surface area contributed by atoms with Crippen LogP contribution in [0.1, 0.15) is 41.3 Å². The van der Waals surface area contributed by atoms with Crippen molar-refractivity contribution in [2.24, 2.45) is 5.92 Å². The van der Waals surface area contributed by atoms with E-state index in [9.17, 15) is 4.79 Å². The summed E-state index contributed by atoms with van der Waals surface area (Å²) < 4.78 is 1.90. The highest BCUT2D eigenvalue weighted by molar-refractivity contribution is 5.94. The smallest absolute Gasteiger partial charge is 0.251 e. The van der Waals surface area contributed by atoms with Crippen molar-refractivity contribution in [1.29, 1.82) is 0 Å². The van der Waals surface area contributed by atoms with Crippen LogP contribution in [0.4, 0.5) is 0 Å². The van der Waals surface area contributed by atoms with Crippen molar-refractivity contribution < 1.29 is 4.79 Å². The fourth-order valence-corrected chi connectivity index (χ4v) is 3.04. The normalized spacial score (nSPS) is 15.1. The largest absolute Gasteiger partial charge is 0.352 e. The molecule has 1 atom stereocenters. The minimum absolute atomic E-state index is 0.0284. The Kier molecular flexibility index (Phi) is 4.56. The zero-order chi connectivity index (χ0) is 15.4. The molecular weight excluding hydrogens is 274 g/mol. The van der Waals surface area contributed by atoms with Gasteiger partial charge in [-0.1, -0.05) is 13.0 Å². The van der Waals surface area contributed by atoms with E-state index in [1.54, 1.807) is 6.20 Å². The maximum Gasteiger partial charge on any atom is 0.251 e. The second-order valence-corrected chi connectivity index (χ2v) is 6.23. The first kappa shape index (κ1) is 14.8. The van der Waals surface area contributed by atoms with Crippen LogP contribution in [0, 0.1) is 5.92 Å². The minimum Gasteiger partial charge on any atom is -0.352 e. The lowest BCUT2D eigenvalue weighted by Crippen LogP contribution is -2.30. The van der Waals surface area contributed by atoms with E-state index in [0.717, 1.165) is 24.9 Å². The monoisotopic (exact) mass is 297 g/mol. The van der Waals surface area contributed by atoms with Crippen molar-refractivity contribution in [3.05, 3.63) is 53.3 Å². The van der Waals surface area contributed by atoms with Gasteiger partial charge in [0.1, 0.15) is 0 Å². The number of carbonyl (C=O) groups is 1. The van der Waals surface area contributed by atoms with Crippen molar-refractivity contribution in [2.45, 2.75) is 39.2 Å². The molecule has 1 aromatic carbocycles. The van der Waals surface area contributed by atoms with Crippen LogP contribution in [-0.4, -0.2) is 22.2 Å². The highest BCUT2D eigenvalue weighted by Gasteiger charge is 2.13. The van der Waals surface area contributed by atoms with Crippen LogP contribution < -0.4 is 5.32 Å². The van der Waals surface area contributed by atoms with E-state index in [0.29, 0.717) is 12.5 Å². The Balaban J connectivity index is 1.55. The molecule has 0 bridgehead atoms. The summed E-state index contributed by atoms with van der Waals surface area (Å²) in [7, 11) is 0. The first-order valence-corrected chi connectivity index (χ1v) is 8.10. The molecule has 0 aliphatic heterocycles. The molecule has 0 fully saturated rings. The Morgan fingerprint density at radius 2 is 2.14 bits per heavy atom. The van der Waals surface area contributed by atoms with E-state index in [2.05, 4.69) is 29.5 Å². The molecule has 1 N–H and O–H groups in total. The van der Waals surface area contributed by atoms with E-state index in [4.69, 9.17) is 0 Å². The minimum atomic E-state index is 0.0284. The lowest BCUT2D eigenvalue weighted by atomic mass is 9.90. The second-order valence-electron chi connectivity index (χ2n) is 6.23. The van der Waals surface area contributed by atoms with Gasteiger partial charge in [-0.05, 0) is 60.9 Å². The number of benzene rings is 1. The number of hydrogen-bond acceptors (Lipinski definition) is 2. The molecule has 116 valence electrons. The average Bonchev–Trinajstić information content (AvgIpc) is 3.05. The van der Waals surface area contributed by atoms with Crippen molar-refractivity contribution >= 4 is 5.91 Å². The third-order valence-corrected chi connectivity index (χ3v) is 4.28. The number of aryl methyl sites for hydroxylation is 2. The number of rotatable bonds is 5. The third-order valence-electron chi connectivity index (χ3n) is 4.28. The zero-order valence-electron chi connectivity index (χ0n) is 13.1. The fourth-order valence-electron chi connectivity index (χ4n) is 3.04. The van der Waals surface area contributed by atoms with Crippen LogP contribution in [0.2, 0.25) is 0 Å². The van der Waals surface area contributed by atoms with Crippen molar-refractivity contribution in [2.75, 3.05) is 6.54 Å². The Hall–Kier alpha value is -2.10. The summed E-state index contributed by atoms with van der Waals surface area (Å²) in [4.78, 5) is 12.3. The number of hydrogen-bond donors (Lipinski definition) is 1. The summed E-state index contributed by atoms with van der Waals surface area (Å²) in [5.74, 6) is 0.377. The van der Waals surface area contributed by atoms with Crippen molar-refractivity contribution in [3.8, 4) is 0 Å². The molecule has 4 heteroatoms. The van der Waals surface area contributed by atoms with Gasteiger partial charge in [-0.25, -0.2) is 0 Å². The predicted octanol–water partition coefficient (Wildman–Crippen LogP) is 2.83. The fraction of sp³-hybridized carbons (Fsp3) is 0.444. The highest BCUT2D eigenvalue weighted by atomic mass is 16.1. The van der Waals surface area contributed by atoms with Crippen LogP contribution in [-0.2, 0) is 19.4 Å². The molecule has 1 heterocycles. The molecular formula is C18H23N3O. The van der Waals surface area contributed by atoms with Gasteiger partial charge in [0, 0.05) is 31.0 Å². The molecule has 0 radical (unpaired) electrons. The van der Waals surface area contributed by atoms with Gasteiger partial charge in [-0.2, -0.15) is 5.10 Å². The third kappa shape index (κ3) is 3.56. The molecule has 2 aromatic rings. The van der Waals surface area contributed by atoms with Gasteiger partial charge in [-0.15, -0.1) is 0 Å². The average molecular weight is 297 g/mol. The Labute approximate surface area is 131 Å². The van der Waals surface area contributed by atoms with Crippen LogP contribution in [0.15, 0.2) is 36.7 Å². The van der Waals surface area contributed by atoms with Gasteiger partial charge in [0.25, 0.3) is 5.91 Å². The quantitative estimate of drug-likeness (QED) is 0.922.